The van der Waals surface area contributed by atoms with E-state index in [1.807, 2.05) is 4.98 Å². The van der Waals surface area contributed by atoms with Crippen LogP contribution in [0.25, 0.3) is 0 Å². The quantitative estimate of drug-likeness (QED) is 0.654. The van der Waals surface area contributed by atoms with Crippen molar-refractivity contribution in [2.24, 2.45) is 0 Å². The second kappa shape index (κ2) is 4.65. The minimum atomic E-state index is -0.846. The Hall–Kier alpha value is -2.05. The molecule has 0 radical (unpaired) electrons. The van der Waals surface area contributed by atoms with Gasteiger partial charge in [0.05, 0.1) is 12.2 Å². The monoisotopic (exact) mass is 228 g/mol. The van der Waals surface area contributed by atoms with E-state index in [2.05, 4.69) is 4.74 Å². The summed E-state index contributed by atoms with van der Waals surface area (Å²) in [5, 5.41) is 9.51. The summed E-state index contributed by atoms with van der Waals surface area (Å²) in [6.45, 7) is 2.71. The van der Waals surface area contributed by atoms with Crippen molar-refractivity contribution in [1.82, 2.24) is 9.55 Å². The van der Waals surface area contributed by atoms with Crippen LogP contribution in [0.3, 0.4) is 0 Å². The Bertz CT molecular complexity index is 514. The van der Waals surface area contributed by atoms with Crippen molar-refractivity contribution < 1.29 is 14.6 Å². The van der Waals surface area contributed by atoms with Gasteiger partial charge in [-0.3, -0.25) is 19.1 Å². The number of nitrogens with one attached hydrogen (secondary N) is 1. The lowest BCUT2D eigenvalue weighted by Gasteiger charge is -2.08. The fraction of sp³-hybridized carbons (Fsp3) is 0.444. The Labute approximate surface area is 90.3 Å². The van der Waals surface area contributed by atoms with Crippen LogP contribution in [0.1, 0.15) is 12.5 Å². The highest BCUT2D eigenvalue weighted by Crippen LogP contribution is 2.07. The molecule has 0 bridgehead atoms. The van der Waals surface area contributed by atoms with E-state index in [4.69, 9.17) is 0 Å². The van der Waals surface area contributed by atoms with Crippen molar-refractivity contribution in [1.29, 1.82) is 0 Å². The van der Waals surface area contributed by atoms with Gasteiger partial charge in [0.15, 0.2) is 0 Å². The molecule has 0 amide bonds. The number of hydrogen-bond acceptors (Lipinski definition) is 5. The molecule has 1 rings (SSSR count). The van der Waals surface area contributed by atoms with Crippen LogP contribution in [0.15, 0.2) is 9.59 Å². The summed E-state index contributed by atoms with van der Waals surface area (Å²) in [7, 11) is 0. The average molecular weight is 228 g/mol. The molecule has 0 spiro atoms. The Morgan fingerprint density at radius 2 is 2.12 bits per heavy atom. The van der Waals surface area contributed by atoms with E-state index in [0.29, 0.717) is 0 Å². The second-order valence-corrected chi connectivity index (χ2v) is 3.10. The van der Waals surface area contributed by atoms with Crippen molar-refractivity contribution in [3.63, 3.8) is 0 Å². The van der Waals surface area contributed by atoms with Crippen LogP contribution in [-0.2, 0) is 16.1 Å². The third-order valence-electron chi connectivity index (χ3n) is 1.99. The number of nitrogens with zero attached hydrogens (tertiary/aromatic N) is 1. The summed E-state index contributed by atoms with van der Waals surface area (Å²) >= 11 is 0. The number of aromatic nitrogens is 2. The molecule has 1 aromatic heterocycles. The highest BCUT2D eigenvalue weighted by molar-refractivity contribution is 5.69. The van der Waals surface area contributed by atoms with Gasteiger partial charge in [0, 0.05) is 0 Å². The number of rotatable bonds is 3. The average Bonchev–Trinajstić information content (AvgIpc) is 2.22. The molecule has 0 aliphatic heterocycles. The van der Waals surface area contributed by atoms with Crippen molar-refractivity contribution in [2.45, 2.75) is 20.4 Å². The number of aromatic amines is 1. The molecule has 7 heteroatoms. The number of hydrogen-bond donors (Lipinski definition) is 2. The lowest BCUT2D eigenvalue weighted by Crippen LogP contribution is -2.33. The van der Waals surface area contributed by atoms with E-state index in [-0.39, 0.29) is 12.2 Å². The molecule has 0 saturated heterocycles. The van der Waals surface area contributed by atoms with Gasteiger partial charge in [-0.1, -0.05) is 0 Å². The first kappa shape index (κ1) is 12.0. The van der Waals surface area contributed by atoms with E-state index in [9.17, 15) is 19.5 Å². The van der Waals surface area contributed by atoms with Crippen LogP contribution in [-0.4, -0.2) is 27.2 Å². The zero-order valence-corrected chi connectivity index (χ0v) is 8.94. The maximum Gasteiger partial charge on any atom is 0.331 e. The van der Waals surface area contributed by atoms with Crippen LogP contribution in [0.4, 0.5) is 0 Å². The van der Waals surface area contributed by atoms with E-state index < -0.39 is 29.6 Å². The number of H-pyrrole nitrogens is 1. The Kier molecular flexibility index (Phi) is 3.49. The third-order valence-corrected chi connectivity index (χ3v) is 1.99. The zero-order valence-electron chi connectivity index (χ0n) is 8.94. The Morgan fingerprint density at radius 3 is 2.69 bits per heavy atom. The summed E-state index contributed by atoms with van der Waals surface area (Å²) in [4.78, 5) is 35.5. The van der Waals surface area contributed by atoms with Crippen LogP contribution >= 0.6 is 0 Å². The molecule has 7 nitrogen and oxygen atoms in total. The van der Waals surface area contributed by atoms with Gasteiger partial charge in [0.25, 0.3) is 5.56 Å². The molecule has 88 valence electrons. The van der Waals surface area contributed by atoms with Crippen molar-refractivity contribution in [3.05, 3.63) is 26.4 Å². The SMILES string of the molecule is CCOC(=O)Cn1c(O)c(C)c(=O)[nH]c1=O. The minimum Gasteiger partial charge on any atom is -0.494 e. The first-order valence-electron chi connectivity index (χ1n) is 4.65. The van der Waals surface area contributed by atoms with Gasteiger partial charge in [-0.2, -0.15) is 0 Å². The summed E-state index contributed by atoms with van der Waals surface area (Å²) in [5.74, 6) is -1.19. The molecule has 0 unspecified atom stereocenters. The number of carbonyl (C=O) groups excluding carboxylic acids is 1. The van der Waals surface area contributed by atoms with E-state index in [0.717, 1.165) is 4.57 Å². The van der Waals surface area contributed by atoms with Crippen LogP contribution in [0, 0.1) is 6.92 Å². The van der Waals surface area contributed by atoms with Gasteiger partial charge in [0.1, 0.15) is 6.54 Å². The molecule has 16 heavy (non-hydrogen) atoms. The largest absolute Gasteiger partial charge is 0.494 e. The smallest absolute Gasteiger partial charge is 0.331 e. The number of aromatic hydroxyl groups is 1. The van der Waals surface area contributed by atoms with Gasteiger partial charge in [-0.15, -0.1) is 0 Å². The summed E-state index contributed by atoms with van der Waals surface area (Å²) in [6, 6.07) is 0. The maximum atomic E-state index is 11.3. The zero-order chi connectivity index (χ0) is 12.3. The molecule has 0 fully saturated rings. The molecule has 0 aromatic carbocycles. The van der Waals surface area contributed by atoms with Gasteiger partial charge in [0.2, 0.25) is 5.88 Å². The highest BCUT2D eigenvalue weighted by atomic mass is 16.5. The van der Waals surface area contributed by atoms with Crippen LogP contribution < -0.4 is 11.2 Å². The number of esters is 1. The van der Waals surface area contributed by atoms with Crippen molar-refractivity contribution in [2.75, 3.05) is 6.61 Å². The van der Waals surface area contributed by atoms with E-state index in [1.54, 1.807) is 6.92 Å². The number of ether oxygens (including phenoxy) is 1. The first-order valence-corrected chi connectivity index (χ1v) is 4.65. The second-order valence-electron chi connectivity index (χ2n) is 3.10. The Morgan fingerprint density at radius 1 is 1.50 bits per heavy atom. The van der Waals surface area contributed by atoms with Gasteiger partial charge in [-0.05, 0) is 13.8 Å². The summed E-state index contributed by atoms with van der Waals surface area (Å²) < 4.78 is 5.37. The Balaban J connectivity index is 3.15. The normalized spacial score (nSPS) is 10.1. The fourth-order valence-electron chi connectivity index (χ4n) is 1.14. The topological polar surface area (TPSA) is 101 Å². The standard InChI is InChI=1S/C9H12N2O5/c1-3-16-6(12)4-11-8(14)5(2)7(13)10-9(11)15/h14H,3-4H2,1-2H3,(H,10,13,15). The van der Waals surface area contributed by atoms with Crippen LogP contribution in [0.5, 0.6) is 5.88 Å². The van der Waals surface area contributed by atoms with Crippen molar-refractivity contribution >= 4 is 5.97 Å². The molecular weight excluding hydrogens is 216 g/mol. The third kappa shape index (κ3) is 2.30. The highest BCUT2D eigenvalue weighted by Gasteiger charge is 2.13. The molecule has 0 saturated carbocycles. The first-order chi connectivity index (χ1) is 7.47. The lowest BCUT2D eigenvalue weighted by molar-refractivity contribution is -0.144. The molecule has 0 atom stereocenters. The predicted molar refractivity (Wildman–Crippen MR) is 54.4 cm³/mol. The molecule has 1 heterocycles. The van der Waals surface area contributed by atoms with Gasteiger partial charge < -0.3 is 9.84 Å². The maximum absolute atomic E-state index is 11.3. The summed E-state index contributed by atoms with van der Waals surface area (Å²) in [6.07, 6.45) is 0. The fourth-order valence-corrected chi connectivity index (χ4v) is 1.14. The van der Waals surface area contributed by atoms with E-state index >= 15 is 0 Å². The summed E-state index contributed by atoms with van der Waals surface area (Å²) in [5.41, 5.74) is -1.55. The van der Waals surface area contributed by atoms with Crippen molar-refractivity contribution in [3.8, 4) is 5.88 Å². The lowest BCUT2D eigenvalue weighted by atomic mass is 10.3. The molecule has 2 N–H and O–H groups in total. The molecule has 0 aliphatic carbocycles. The number of carbonyl (C=O) groups is 1. The minimum absolute atomic E-state index is 0.0242. The molecular formula is C9H12N2O5. The predicted octanol–water partition coefficient (Wildman–Crippen LogP) is -0.886. The molecule has 1 aromatic rings. The molecule has 0 aliphatic rings. The van der Waals surface area contributed by atoms with Gasteiger partial charge in [-0.25, -0.2) is 4.79 Å². The van der Waals surface area contributed by atoms with Gasteiger partial charge >= 0.3 is 11.7 Å². The van der Waals surface area contributed by atoms with Crippen LogP contribution in [0.2, 0.25) is 0 Å². The van der Waals surface area contributed by atoms with E-state index in [1.165, 1.54) is 6.92 Å².